The minimum Gasteiger partial charge on any atom is -0.481 e. The highest BCUT2D eigenvalue weighted by atomic mass is 16.5. The molecule has 7 nitrogen and oxygen atoms in total. The Morgan fingerprint density at radius 2 is 1.59 bits per heavy atom. The highest BCUT2D eigenvalue weighted by molar-refractivity contribution is 5.88. The number of carbonyl (C=O) groups excluding carboxylic acids is 1. The van der Waals surface area contributed by atoms with Gasteiger partial charge in [-0.25, -0.2) is 14.8 Å². The molecule has 2 aromatic heterocycles. The molecule has 0 spiro atoms. The number of rotatable bonds is 4. The number of aromatic nitrogens is 2. The second-order valence-corrected chi connectivity index (χ2v) is 3.95. The quantitative estimate of drug-likeness (QED) is 0.855. The molecular formula is C15H18N2O5. The molecule has 0 aromatic carbocycles. The van der Waals surface area contributed by atoms with Crippen molar-refractivity contribution in [2.75, 3.05) is 21.3 Å². The molecule has 0 bridgehead atoms. The zero-order valence-electron chi connectivity index (χ0n) is 12.6. The number of hydrogen-bond acceptors (Lipinski definition) is 7. The summed E-state index contributed by atoms with van der Waals surface area (Å²) < 4.78 is 14.1. The summed E-state index contributed by atoms with van der Waals surface area (Å²) in [4.78, 5) is 18.6. The lowest BCUT2D eigenvalue weighted by molar-refractivity contribution is 0.0600. The van der Waals surface area contributed by atoms with Crippen molar-refractivity contribution in [1.82, 2.24) is 9.97 Å². The Bertz CT molecular complexity index is 546. The predicted octanol–water partition coefficient (Wildman–Crippen LogP) is 1.46. The molecule has 7 heteroatoms. The first-order chi connectivity index (χ1) is 10.6. The summed E-state index contributed by atoms with van der Waals surface area (Å²) in [5.41, 5.74) is 1.21. The number of nitrogens with zero attached hydrogens (tertiary/aromatic N) is 2. The number of methoxy groups -OCH3 is 3. The summed E-state index contributed by atoms with van der Waals surface area (Å²) in [6, 6.07) is 6.68. The van der Waals surface area contributed by atoms with E-state index in [2.05, 4.69) is 14.7 Å². The van der Waals surface area contributed by atoms with Crippen LogP contribution in [0.3, 0.4) is 0 Å². The molecule has 0 saturated heterocycles. The van der Waals surface area contributed by atoms with Crippen molar-refractivity contribution in [1.29, 1.82) is 0 Å². The standard InChI is InChI=1S/C8H9NO3.C7H9NO2/c1-11-7-4-3-6(5-9-7)8(10)12-2;1-10-7-3-2-6(5-9)4-8-7/h3-5H,1-2H3;2-4,9H,5H2,1H3. The second-order valence-electron chi connectivity index (χ2n) is 3.95. The van der Waals surface area contributed by atoms with E-state index in [9.17, 15) is 4.79 Å². The van der Waals surface area contributed by atoms with E-state index >= 15 is 0 Å². The van der Waals surface area contributed by atoms with E-state index in [1.54, 1.807) is 37.6 Å². The van der Waals surface area contributed by atoms with Gasteiger partial charge in [0.25, 0.3) is 0 Å². The van der Waals surface area contributed by atoms with Gasteiger partial charge in [-0.1, -0.05) is 0 Å². The molecule has 0 aliphatic carbocycles. The Balaban J connectivity index is 0.000000224. The predicted molar refractivity (Wildman–Crippen MR) is 78.8 cm³/mol. The molecule has 0 aliphatic heterocycles. The summed E-state index contributed by atoms with van der Waals surface area (Å²) in [5, 5.41) is 8.62. The second kappa shape index (κ2) is 9.30. The van der Waals surface area contributed by atoms with Crippen molar-refractivity contribution in [3.05, 3.63) is 47.8 Å². The number of carbonyl (C=O) groups is 1. The molecule has 0 saturated carbocycles. The van der Waals surface area contributed by atoms with Gasteiger partial charge in [-0.2, -0.15) is 0 Å². The minimum atomic E-state index is -0.398. The summed E-state index contributed by atoms with van der Waals surface area (Å²) >= 11 is 0. The van der Waals surface area contributed by atoms with Gasteiger partial charge in [0.05, 0.1) is 33.5 Å². The first kappa shape index (κ1) is 17.4. The smallest absolute Gasteiger partial charge is 0.339 e. The summed E-state index contributed by atoms with van der Waals surface area (Å²) in [5.74, 6) is 0.644. The Labute approximate surface area is 128 Å². The average molecular weight is 306 g/mol. The van der Waals surface area contributed by atoms with Crippen LogP contribution in [0.5, 0.6) is 11.8 Å². The lowest BCUT2D eigenvalue weighted by Crippen LogP contribution is -2.01. The lowest BCUT2D eigenvalue weighted by atomic mass is 10.3. The molecule has 0 atom stereocenters. The maximum atomic E-state index is 10.9. The third kappa shape index (κ3) is 5.37. The Hall–Kier alpha value is -2.67. The van der Waals surface area contributed by atoms with Crippen LogP contribution in [0, 0.1) is 0 Å². The molecule has 118 valence electrons. The summed E-state index contributed by atoms with van der Waals surface area (Å²) in [7, 11) is 4.40. The number of ether oxygens (including phenoxy) is 3. The summed E-state index contributed by atoms with van der Waals surface area (Å²) in [6.45, 7) is 0.0248. The molecule has 0 amide bonds. The largest absolute Gasteiger partial charge is 0.481 e. The van der Waals surface area contributed by atoms with Crippen molar-refractivity contribution in [3.63, 3.8) is 0 Å². The van der Waals surface area contributed by atoms with Gasteiger partial charge in [-0.3, -0.25) is 0 Å². The van der Waals surface area contributed by atoms with Crippen molar-refractivity contribution in [2.45, 2.75) is 6.61 Å². The van der Waals surface area contributed by atoms with Gasteiger partial charge in [0.15, 0.2) is 0 Å². The van der Waals surface area contributed by atoms with Gasteiger partial charge in [0.2, 0.25) is 11.8 Å². The molecular weight excluding hydrogens is 288 g/mol. The number of aliphatic hydroxyl groups is 1. The lowest BCUT2D eigenvalue weighted by Gasteiger charge is -1.99. The van der Waals surface area contributed by atoms with E-state index in [0.717, 1.165) is 5.56 Å². The van der Waals surface area contributed by atoms with E-state index in [1.165, 1.54) is 20.4 Å². The first-order valence-electron chi connectivity index (χ1n) is 6.32. The van der Waals surface area contributed by atoms with Crippen molar-refractivity contribution >= 4 is 5.97 Å². The fourth-order valence-corrected chi connectivity index (χ4v) is 1.36. The Kier molecular flexibility index (Phi) is 7.35. The SMILES string of the molecule is COC(=O)c1ccc(OC)nc1.COc1ccc(CO)cn1. The monoisotopic (exact) mass is 306 g/mol. The topological polar surface area (TPSA) is 90.8 Å². The number of pyridine rings is 2. The number of aliphatic hydroxyl groups excluding tert-OH is 1. The van der Waals surface area contributed by atoms with Crippen LogP contribution in [0.2, 0.25) is 0 Å². The van der Waals surface area contributed by atoms with Gasteiger partial charge in [-0.05, 0) is 17.7 Å². The minimum absolute atomic E-state index is 0.0248. The van der Waals surface area contributed by atoms with Gasteiger partial charge in [-0.15, -0.1) is 0 Å². The van der Waals surface area contributed by atoms with E-state index in [1.807, 2.05) is 0 Å². The molecule has 0 unspecified atom stereocenters. The zero-order chi connectivity index (χ0) is 16.4. The highest BCUT2D eigenvalue weighted by Gasteiger charge is 2.04. The van der Waals surface area contributed by atoms with Gasteiger partial charge >= 0.3 is 5.97 Å². The molecule has 2 heterocycles. The van der Waals surface area contributed by atoms with Crippen LogP contribution in [0.4, 0.5) is 0 Å². The van der Waals surface area contributed by atoms with E-state index in [0.29, 0.717) is 17.3 Å². The summed E-state index contributed by atoms with van der Waals surface area (Å²) in [6.07, 6.45) is 2.99. The van der Waals surface area contributed by atoms with E-state index in [4.69, 9.17) is 14.6 Å². The molecule has 0 fully saturated rings. The van der Waals surface area contributed by atoms with Crippen molar-refractivity contribution in [3.8, 4) is 11.8 Å². The van der Waals surface area contributed by atoms with Crippen LogP contribution in [0.15, 0.2) is 36.7 Å². The van der Waals surface area contributed by atoms with Crippen LogP contribution in [0.25, 0.3) is 0 Å². The number of esters is 1. The van der Waals surface area contributed by atoms with Gasteiger partial charge < -0.3 is 19.3 Å². The van der Waals surface area contributed by atoms with Crippen LogP contribution in [-0.4, -0.2) is 42.4 Å². The van der Waals surface area contributed by atoms with E-state index in [-0.39, 0.29) is 6.61 Å². The third-order valence-corrected chi connectivity index (χ3v) is 2.56. The molecule has 2 aromatic rings. The fourth-order valence-electron chi connectivity index (χ4n) is 1.36. The third-order valence-electron chi connectivity index (χ3n) is 2.56. The zero-order valence-corrected chi connectivity index (χ0v) is 12.6. The van der Waals surface area contributed by atoms with Crippen LogP contribution in [0.1, 0.15) is 15.9 Å². The molecule has 22 heavy (non-hydrogen) atoms. The highest BCUT2D eigenvalue weighted by Crippen LogP contribution is 2.07. The molecule has 0 aliphatic rings. The fraction of sp³-hybridized carbons (Fsp3) is 0.267. The molecule has 2 rings (SSSR count). The van der Waals surface area contributed by atoms with Crippen LogP contribution in [-0.2, 0) is 11.3 Å². The van der Waals surface area contributed by atoms with Crippen molar-refractivity contribution < 1.29 is 24.1 Å². The van der Waals surface area contributed by atoms with Crippen LogP contribution < -0.4 is 9.47 Å². The normalized spacial score (nSPS) is 9.27. The van der Waals surface area contributed by atoms with Crippen LogP contribution >= 0.6 is 0 Å². The first-order valence-corrected chi connectivity index (χ1v) is 6.32. The molecule has 0 radical (unpaired) electrons. The Morgan fingerprint density at radius 3 is 1.95 bits per heavy atom. The number of hydrogen-bond donors (Lipinski definition) is 1. The maximum Gasteiger partial charge on any atom is 0.339 e. The van der Waals surface area contributed by atoms with E-state index < -0.39 is 5.97 Å². The Morgan fingerprint density at radius 1 is 1.00 bits per heavy atom. The van der Waals surface area contributed by atoms with Gasteiger partial charge in [0.1, 0.15) is 0 Å². The van der Waals surface area contributed by atoms with Crippen molar-refractivity contribution in [2.24, 2.45) is 0 Å². The average Bonchev–Trinajstić information content (AvgIpc) is 2.61. The maximum absolute atomic E-state index is 10.9. The van der Waals surface area contributed by atoms with Gasteiger partial charge in [0, 0.05) is 24.5 Å². The molecule has 1 N–H and O–H groups in total.